The van der Waals surface area contributed by atoms with Gasteiger partial charge in [0, 0.05) is 18.4 Å². The van der Waals surface area contributed by atoms with E-state index in [9.17, 15) is 36.6 Å². The number of aliphatic carboxylic acids is 1. The molecule has 0 spiro atoms. The highest BCUT2D eigenvalue weighted by molar-refractivity contribution is 6.31. The molecule has 180 valence electrons. The summed E-state index contributed by atoms with van der Waals surface area (Å²) in [5, 5.41) is 9.15. The lowest BCUT2D eigenvalue weighted by atomic mass is 10.1. The molecule has 3 N–H and O–H groups in total. The molecule has 7 nitrogen and oxygen atoms in total. The van der Waals surface area contributed by atoms with Crippen molar-refractivity contribution in [3.63, 3.8) is 0 Å². The first-order valence-corrected chi connectivity index (χ1v) is 9.76. The summed E-state index contributed by atoms with van der Waals surface area (Å²) in [7, 11) is 0. The molecule has 0 fully saturated rings. The summed E-state index contributed by atoms with van der Waals surface area (Å²) < 4.78 is 76.4. The monoisotopic (exact) mass is 504 g/mol. The molecule has 0 aliphatic heterocycles. The van der Waals surface area contributed by atoms with Gasteiger partial charge >= 0.3 is 12.1 Å². The fourth-order valence-corrected chi connectivity index (χ4v) is 3.18. The number of amides is 1. The first-order chi connectivity index (χ1) is 15.9. The van der Waals surface area contributed by atoms with Crippen LogP contribution in [0.3, 0.4) is 0 Å². The molecule has 0 bridgehead atoms. The molecule has 34 heavy (non-hydrogen) atoms. The van der Waals surface area contributed by atoms with Crippen LogP contribution in [-0.2, 0) is 17.4 Å². The van der Waals surface area contributed by atoms with Crippen molar-refractivity contribution in [1.82, 2.24) is 4.98 Å². The summed E-state index contributed by atoms with van der Waals surface area (Å²) >= 11 is 5.97. The van der Waals surface area contributed by atoms with Gasteiger partial charge in [-0.15, -0.1) is 0 Å². The second kappa shape index (κ2) is 9.67. The van der Waals surface area contributed by atoms with Crippen molar-refractivity contribution in [2.24, 2.45) is 5.73 Å². The fraction of sp³-hybridized carbons (Fsp3) is 0.190. The van der Waals surface area contributed by atoms with Gasteiger partial charge in [0.05, 0.1) is 5.56 Å². The van der Waals surface area contributed by atoms with Crippen LogP contribution in [0.15, 0.2) is 40.8 Å². The highest BCUT2D eigenvalue weighted by Gasteiger charge is 2.30. The van der Waals surface area contributed by atoms with Gasteiger partial charge in [-0.1, -0.05) is 12.1 Å². The summed E-state index contributed by atoms with van der Waals surface area (Å²) in [6.07, 6.45) is -6.68. The Hall–Kier alpha value is -3.67. The molecule has 0 aliphatic rings. The minimum atomic E-state index is -4.52. The van der Waals surface area contributed by atoms with E-state index >= 15 is 0 Å². The number of carboxylic acids is 1. The van der Waals surface area contributed by atoms with Crippen molar-refractivity contribution in [2.75, 3.05) is 0 Å². The van der Waals surface area contributed by atoms with Crippen molar-refractivity contribution >= 4 is 23.5 Å². The number of alkyl halides is 3. The first-order valence-electron chi connectivity index (χ1n) is 9.38. The SMILES string of the molecule is NC(=O)c1c(F)ccc(OC(CCc2nc(-c3ccc(C(F)(F)F)cc3)c(Cl)o2)C(=O)O)c1F. The van der Waals surface area contributed by atoms with Gasteiger partial charge in [-0.25, -0.2) is 18.6 Å². The largest absolute Gasteiger partial charge is 0.479 e. The Labute approximate surface area is 192 Å². The maximum Gasteiger partial charge on any atom is 0.416 e. The maximum atomic E-state index is 14.3. The number of ether oxygens (including phenoxy) is 1. The molecular formula is C21H14ClF5N2O5. The summed E-state index contributed by atoms with van der Waals surface area (Å²) in [6, 6.07) is 5.47. The van der Waals surface area contributed by atoms with Crippen molar-refractivity contribution < 1.29 is 45.8 Å². The smallest absolute Gasteiger partial charge is 0.416 e. The number of hydrogen-bond donors (Lipinski definition) is 2. The predicted molar refractivity (Wildman–Crippen MR) is 107 cm³/mol. The minimum Gasteiger partial charge on any atom is -0.479 e. The van der Waals surface area contributed by atoms with Gasteiger partial charge in [-0.2, -0.15) is 13.2 Å². The van der Waals surface area contributed by atoms with E-state index in [0.717, 1.165) is 30.3 Å². The molecule has 0 aliphatic carbocycles. The average Bonchev–Trinajstić information content (AvgIpc) is 3.12. The van der Waals surface area contributed by atoms with Crippen LogP contribution in [0.1, 0.15) is 28.2 Å². The Morgan fingerprint density at radius 2 is 1.79 bits per heavy atom. The summed E-state index contributed by atoms with van der Waals surface area (Å²) in [5.41, 5.74) is 3.24. The van der Waals surface area contributed by atoms with Crippen LogP contribution in [0, 0.1) is 11.6 Å². The van der Waals surface area contributed by atoms with Crippen LogP contribution in [0.25, 0.3) is 11.3 Å². The number of carbonyl (C=O) groups excluding carboxylic acids is 1. The lowest BCUT2D eigenvalue weighted by molar-refractivity contribution is -0.145. The zero-order chi connectivity index (χ0) is 25.2. The van der Waals surface area contributed by atoms with Crippen LogP contribution in [0.4, 0.5) is 22.0 Å². The van der Waals surface area contributed by atoms with Crippen LogP contribution < -0.4 is 10.5 Å². The Balaban J connectivity index is 1.76. The molecule has 0 saturated heterocycles. The van der Waals surface area contributed by atoms with Crippen molar-refractivity contribution in [2.45, 2.75) is 25.1 Å². The molecule has 3 rings (SSSR count). The van der Waals surface area contributed by atoms with E-state index < -0.39 is 52.7 Å². The second-order valence-corrected chi connectivity index (χ2v) is 7.23. The number of benzene rings is 2. The Morgan fingerprint density at radius 1 is 1.15 bits per heavy atom. The number of rotatable bonds is 8. The number of carboxylic acid groups (broad SMARTS) is 1. The van der Waals surface area contributed by atoms with Crippen molar-refractivity contribution in [3.8, 4) is 17.0 Å². The normalized spacial score (nSPS) is 12.4. The number of halogens is 6. The molecule has 0 saturated carbocycles. The summed E-state index contributed by atoms with van der Waals surface area (Å²) in [6.45, 7) is 0. The van der Waals surface area contributed by atoms with Gasteiger partial charge < -0.3 is 20.0 Å². The molecule has 1 unspecified atom stereocenters. The lowest BCUT2D eigenvalue weighted by Gasteiger charge is -2.16. The molecule has 1 aromatic heterocycles. The quantitative estimate of drug-likeness (QED) is 0.423. The molecular weight excluding hydrogens is 491 g/mol. The van der Waals surface area contributed by atoms with Crippen LogP contribution in [-0.4, -0.2) is 28.1 Å². The second-order valence-electron chi connectivity index (χ2n) is 6.89. The summed E-state index contributed by atoms with van der Waals surface area (Å²) in [4.78, 5) is 26.8. The van der Waals surface area contributed by atoms with E-state index in [-0.39, 0.29) is 35.2 Å². The van der Waals surface area contributed by atoms with Gasteiger partial charge in [-0.05, 0) is 35.9 Å². The van der Waals surface area contributed by atoms with Gasteiger partial charge in [0.2, 0.25) is 5.22 Å². The number of aromatic nitrogens is 1. The van der Waals surface area contributed by atoms with E-state index in [1.54, 1.807) is 0 Å². The topological polar surface area (TPSA) is 116 Å². The highest BCUT2D eigenvalue weighted by atomic mass is 35.5. The van der Waals surface area contributed by atoms with E-state index in [1.165, 1.54) is 0 Å². The van der Waals surface area contributed by atoms with Gasteiger partial charge in [-0.3, -0.25) is 4.79 Å². The third-order valence-corrected chi connectivity index (χ3v) is 4.84. The molecule has 2 aromatic carbocycles. The number of nitrogens with zero attached hydrogens (tertiary/aromatic N) is 1. The number of aryl methyl sites for hydroxylation is 1. The molecule has 1 amide bonds. The van der Waals surface area contributed by atoms with Crippen LogP contribution >= 0.6 is 11.6 Å². The molecule has 13 heteroatoms. The number of primary amides is 1. The molecule has 3 aromatic rings. The van der Waals surface area contributed by atoms with E-state index in [4.69, 9.17) is 26.5 Å². The van der Waals surface area contributed by atoms with E-state index in [2.05, 4.69) is 4.98 Å². The average molecular weight is 505 g/mol. The van der Waals surface area contributed by atoms with Gasteiger partial charge in [0.15, 0.2) is 23.6 Å². The zero-order valence-electron chi connectivity index (χ0n) is 16.8. The lowest BCUT2D eigenvalue weighted by Crippen LogP contribution is -2.28. The molecule has 1 heterocycles. The Kier molecular flexibility index (Phi) is 7.10. The van der Waals surface area contributed by atoms with Crippen LogP contribution in [0.2, 0.25) is 5.22 Å². The maximum absolute atomic E-state index is 14.3. The standard InChI is InChI=1S/C21H14ClF5N2O5/c22-18-17(9-1-3-10(4-2-9)21(25,26)27)29-14(34-18)8-7-13(20(31)32)33-12-6-5-11(23)15(16(12)24)19(28)30/h1-6,13H,7-8H2,(H2,28,30)(H,31,32). The zero-order valence-corrected chi connectivity index (χ0v) is 17.6. The fourth-order valence-electron chi connectivity index (χ4n) is 2.94. The number of oxazole rings is 1. The molecule has 0 radical (unpaired) electrons. The van der Waals surface area contributed by atoms with Crippen LogP contribution in [0.5, 0.6) is 5.75 Å². The third kappa shape index (κ3) is 5.45. The Morgan fingerprint density at radius 3 is 2.35 bits per heavy atom. The Bertz CT molecular complexity index is 1230. The highest BCUT2D eigenvalue weighted by Crippen LogP contribution is 2.33. The van der Waals surface area contributed by atoms with Gasteiger partial charge in [0.1, 0.15) is 17.1 Å². The number of nitrogens with two attached hydrogens (primary N) is 1. The van der Waals surface area contributed by atoms with Crippen molar-refractivity contribution in [3.05, 3.63) is 70.3 Å². The van der Waals surface area contributed by atoms with Gasteiger partial charge in [0.25, 0.3) is 5.91 Å². The predicted octanol–water partition coefficient (Wildman–Crippen LogP) is 4.86. The third-order valence-electron chi connectivity index (χ3n) is 4.58. The summed E-state index contributed by atoms with van der Waals surface area (Å²) in [5.74, 6) is -6.38. The van der Waals surface area contributed by atoms with E-state index in [0.29, 0.717) is 6.07 Å². The first kappa shape index (κ1) is 25.0. The molecule has 1 atom stereocenters. The number of carbonyl (C=O) groups is 2. The van der Waals surface area contributed by atoms with Crippen molar-refractivity contribution in [1.29, 1.82) is 0 Å². The van der Waals surface area contributed by atoms with E-state index in [1.807, 2.05) is 0 Å². The number of hydrogen-bond acceptors (Lipinski definition) is 5. The minimum absolute atomic E-state index is 0.0360.